The molecule has 2 rings (SSSR count). The van der Waals surface area contributed by atoms with Crippen molar-refractivity contribution in [1.82, 2.24) is 9.62 Å². The van der Waals surface area contributed by atoms with Gasteiger partial charge in [0.1, 0.15) is 4.90 Å². The Hall–Kier alpha value is -2.28. The predicted octanol–water partition coefficient (Wildman–Crippen LogP) is -0.185. The lowest BCUT2D eigenvalue weighted by atomic mass is 10.2. The van der Waals surface area contributed by atoms with E-state index in [-0.39, 0.29) is 55.0 Å². The van der Waals surface area contributed by atoms with E-state index in [9.17, 15) is 23.3 Å². The summed E-state index contributed by atoms with van der Waals surface area (Å²) in [5.41, 5.74) is -0.132. The first-order valence-electron chi connectivity index (χ1n) is 8.60. The van der Waals surface area contributed by atoms with Crippen LogP contribution in [0.4, 0.5) is 11.4 Å². The number of sulfonamides is 1. The largest absolute Gasteiger partial charge is 0.383 e. The number of non-ortho nitro benzene ring substituents is 1. The zero-order valence-corrected chi connectivity index (χ0v) is 16.6. The van der Waals surface area contributed by atoms with Crippen molar-refractivity contribution < 1.29 is 27.6 Å². The summed E-state index contributed by atoms with van der Waals surface area (Å²) in [4.78, 5) is 23.8. The minimum absolute atomic E-state index is 0.118. The molecule has 156 valence electrons. The number of nitro groups is 1. The third-order valence-corrected chi connectivity index (χ3v) is 6.09. The summed E-state index contributed by atoms with van der Waals surface area (Å²) >= 11 is 0. The molecule has 1 aromatic carbocycles. The molecule has 1 fully saturated rings. The number of hydrogen-bond acceptors (Lipinski definition) is 8. The molecule has 0 aromatic heterocycles. The van der Waals surface area contributed by atoms with Crippen molar-refractivity contribution in [2.45, 2.75) is 4.90 Å². The zero-order valence-electron chi connectivity index (χ0n) is 15.8. The van der Waals surface area contributed by atoms with Crippen LogP contribution in [0.15, 0.2) is 23.1 Å². The number of carbonyl (C=O) groups excluding carboxylic acids is 1. The standard InChI is InChI=1S/C16H24N4O7S/c1-18(12-16(21)17-5-8-26-2)14-4-3-13(20(22)23)11-15(14)28(24,25)19-6-9-27-10-7-19/h3-4,11H,5-10,12H2,1-2H3,(H,17,21). The molecule has 0 bridgehead atoms. The Labute approximate surface area is 163 Å². The summed E-state index contributed by atoms with van der Waals surface area (Å²) in [5, 5.41) is 13.8. The Kier molecular flexibility index (Phi) is 7.69. The number of anilines is 1. The highest BCUT2D eigenvalue weighted by Gasteiger charge is 2.31. The van der Waals surface area contributed by atoms with E-state index < -0.39 is 14.9 Å². The Bertz CT molecular complexity index is 809. The number of rotatable bonds is 9. The molecule has 0 unspecified atom stereocenters. The second kappa shape index (κ2) is 9.78. The van der Waals surface area contributed by atoms with Crippen molar-refractivity contribution in [3.63, 3.8) is 0 Å². The van der Waals surface area contributed by atoms with E-state index >= 15 is 0 Å². The number of nitrogens with zero attached hydrogens (tertiary/aromatic N) is 3. The van der Waals surface area contributed by atoms with E-state index in [1.54, 1.807) is 7.05 Å². The second-order valence-corrected chi connectivity index (χ2v) is 8.03. The third-order valence-electron chi connectivity index (χ3n) is 4.16. The number of methoxy groups -OCH3 is 1. The molecule has 1 aromatic rings. The van der Waals surface area contributed by atoms with Gasteiger partial charge in [-0.1, -0.05) is 0 Å². The molecular formula is C16H24N4O7S. The molecule has 0 atom stereocenters. The number of benzene rings is 1. The van der Waals surface area contributed by atoms with Crippen LogP contribution in [0.2, 0.25) is 0 Å². The van der Waals surface area contributed by atoms with Gasteiger partial charge in [0.25, 0.3) is 5.69 Å². The maximum absolute atomic E-state index is 13.1. The molecule has 12 heteroatoms. The minimum Gasteiger partial charge on any atom is -0.383 e. The van der Waals surface area contributed by atoms with Crippen LogP contribution >= 0.6 is 0 Å². The summed E-state index contributed by atoms with van der Waals surface area (Å²) in [6.07, 6.45) is 0. The van der Waals surface area contributed by atoms with Crippen LogP contribution in [-0.4, -0.2) is 83.7 Å². The monoisotopic (exact) mass is 416 g/mol. The van der Waals surface area contributed by atoms with Crippen LogP contribution in [0.1, 0.15) is 0 Å². The Morgan fingerprint density at radius 3 is 2.68 bits per heavy atom. The van der Waals surface area contributed by atoms with E-state index in [0.29, 0.717) is 13.2 Å². The van der Waals surface area contributed by atoms with Crippen LogP contribution in [0.3, 0.4) is 0 Å². The smallest absolute Gasteiger partial charge is 0.270 e. The van der Waals surface area contributed by atoms with Gasteiger partial charge in [0.05, 0.1) is 37.0 Å². The van der Waals surface area contributed by atoms with E-state index in [1.807, 2.05) is 0 Å². The Morgan fingerprint density at radius 2 is 2.07 bits per heavy atom. The van der Waals surface area contributed by atoms with Gasteiger partial charge in [0.2, 0.25) is 15.9 Å². The van der Waals surface area contributed by atoms with Gasteiger partial charge in [0.15, 0.2) is 0 Å². The topological polar surface area (TPSA) is 131 Å². The van der Waals surface area contributed by atoms with Crippen molar-refractivity contribution in [1.29, 1.82) is 0 Å². The number of nitrogens with one attached hydrogen (secondary N) is 1. The molecule has 1 saturated heterocycles. The van der Waals surface area contributed by atoms with Crippen molar-refractivity contribution in [2.75, 3.05) is 65.1 Å². The van der Waals surface area contributed by atoms with Crippen molar-refractivity contribution in [3.05, 3.63) is 28.3 Å². The SMILES string of the molecule is COCCNC(=O)CN(C)c1ccc([N+](=O)[O-])cc1S(=O)(=O)N1CCOCC1. The van der Waals surface area contributed by atoms with Gasteiger partial charge in [-0.3, -0.25) is 14.9 Å². The fraction of sp³-hybridized carbons (Fsp3) is 0.562. The van der Waals surface area contributed by atoms with Crippen LogP contribution in [-0.2, 0) is 24.3 Å². The van der Waals surface area contributed by atoms with Crippen LogP contribution in [0, 0.1) is 10.1 Å². The first kappa shape index (κ1) is 22.0. The molecule has 1 heterocycles. The van der Waals surface area contributed by atoms with Gasteiger partial charge < -0.3 is 19.7 Å². The highest BCUT2D eigenvalue weighted by molar-refractivity contribution is 7.89. The summed E-state index contributed by atoms with van der Waals surface area (Å²) in [6, 6.07) is 3.58. The Morgan fingerprint density at radius 1 is 1.39 bits per heavy atom. The van der Waals surface area contributed by atoms with Crippen LogP contribution in [0.5, 0.6) is 0 Å². The minimum atomic E-state index is -3.99. The average Bonchev–Trinajstić information content (AvgIpc) is 2.68. The van der Waals surface area contributed by atoms with Gasteiger partial charge in [0, 0.05) is 45.9 Å². The molecular weight excluding hydrogens is 392 g/mol. The van der Waals surface area contributed by atoms with E-state index in [2.05, 4.69) is 5.32 Å². The molecule has 11 nitrogen and oxygen atoms in total. The Balaban J connectivity index is 2.33. The molecule has 0 spiro atoms. The van der Waals surface area contributed by atoms with Crippen LogP contribution in [0.25, 0.3) is 0 Å². The fourth-order valence-corrected chi connectivity index (χ4v) is 4.38. The van der Waals surface area contributed by atoms with Gasteiger partial charge in [-0.25, -0.2) is 8.42 Å². The number of amides is 1. The predicted molar refractivity (Wildman–Crippen MR) is 101 cm³/mol. The number of ether oxygens (including phenoxy) is 2. The van der Waals surface area contributed by atoms with Crippen molar-refractivity contribution >= 4 is 27.3 Å². The van der Waals surface area contributed by atoms with E-state index in [0.717, 1.165) is 6.07 Å². The lowest BCUT2D eigenvalue weighted by Crippen LogP contribution is -2.41. The molecule has 0 saturated carbocycles. The first-order valence-corrected chi connectivity index (χ1v) is 10.0. The number of hydrogen-bond donors (Lipinski definition) is 1. The van der Waals surface area contributed by atoms with Gasteiger partial charge in [-0.15, -0.1) is 0 Å². The summed E-state index contributed by atoms with van der Waals surface area (Å²) in [7, 11) is -0.932. The van der Waals surface area contributed by atoms with Crippen LogP contribution < -0.4 is 10.2 Å². The second-order valence-electron chi connectivity index (χ2n) is 6.12. The maximum atomic E-state index is 13.1. The lowest BCUT2D eigenvalue weighted by molar-refractivity contribution is -0.385. The number of nitro benzene ring substituents is 1. The number of likely N-dealkylation sites (N-methyl/N-ethyl adjacent to an activating group) is 1. The number of morpholine rings is 1. The fourth-order valence-electron chi connectivity index (χ4n) is 2.71. The summed E-state index contributed by atoms with van der Waals surface area (Å²) in [6.45, 7) is 1.37. The van der Waals surface area contributed by atoms with Crippen molar-refractivity contribution in [3.8, 4) is 0 Å². The first-order chi connectivity index (χ1) is 13.3. The molecule has 1 aliphatic rings. The van der Waals surface area contributed by atoms with E-state index in [1.165, 1.54) is 28.4 Å². The normalized spacial score (nSPS) is 15.2. The molecule has 1 N–H and O–H groups in total. The maximum Gasteiger partial charge on any atom is 0.270 e. The zero-order chi connectivity index (χ0) is 20.7. The highest BCUT2D eigenvalue weighted by atomic mass is 32.2. The van der Waals surface area contributed by atoms with Crippen molar-refractivity contribution in [2.24, 2.45) is 0 Å². The lowest BCUT2D eigenvalue weighted by Gasteiger charge is -2.28. The molecule has 28 heavy (non-hydrogen) atoms. The quantitative estimate of drug-likeness (QED) is 0.333. The van der Waals surface area contributed by atoms with Gasteiger partial charge >= 0.3 is 0 Å². The van der Waals surface area contributed by atoms with Gasteiger partial charge in [-0.2, -0.15) is 4.31 Å². The van der Waals surface area contributed by atoms with E-state index in [4.69, 9.17) is 9.47 Å². The average molecular weight is 416 g/mol. The molecule has 0 radical (unpaired) electrons. The molecule has 1 aliphatic heterocycles. The summed E-state index contributed by atoms with van der Waals surface area (Å²) in [5.74, 6) is -0.326. The number of carbonyl (C=O) groups is 1. The highest BCUT2D eigenvalue weighted by Crippen LogP contribution is 2.31. The molecule has 0 aliphatic carbocycles. The summed E-state index contributed by atoms with van der Waals surface area (Å²) < 4.78 is 37.4. The third kappa shape index (κ3) is 5.38. The molecule has 1 amide bonds. The van der Waals surface area contributed by atoms with Gasteiger partial charge in [-0.05, 0) is 6.07 Å².